The highest BCUT2D eigenvalue weighted by atomic mass is 14.3. The van der Waals surface area contributed by atoms with Crippen LogP contribution >= 0.6 is 0 Å². The summed E-state index contributed by atoms with van der Waals surface area (Å²) >= 11 is 0. The van der Waals surface area contributed by atoms with Gasteiger partial charge in [0.25, 0.3) is 0 Å². The Morgan fingerprint density at radius 3 is 2.24 bits per heavy atom. The van der Waals surface area contributed by atoms with Gasteiger partial charge in [-0.2, -0.15) is 0 Å². The summed E-state index contributed by atoms with van der Waals surface area (Å²) in [5.74, 6) is 2.89. The van der Waals surface area contributed by atoms with Crippen LogP contribution in [-0.2, 0) is 6.42 Å². The summed E-state index contributed by atoms with van der Waals surface area (Å²) in [7, 11) is 0. The quantitative estimate of drug-likeness (QED) is 0.676. The molecule has 1 aliphatic carbocycles. The van der Waals surface area contributed by atoms with Gasteiger partial charge in [0.05, 0.1) is 0 Å². The van der Waals surface area contributed by atoms with Crippen LogP contribution in [0.15, 0.2) is 30.3 Å². The van der Waals surface area contributed by atoms with E-state index >= 15 is 0 Å². The van der Waals surface area contributed by atoms with E-state index in [2.05, 4.69) is 44.2 Å². The van der Waals surface area contributed by atoms with Gasteiger partial charge in [0, 0.05) is 0 Å². The van der Waals surface area contributed by atoms with Crippen molar-refractivity contribution in [1.29, 1.82) is 0 Å². The highest BCUT2D eigenvalue weighted by molar-refractivity contribution is 5.14. The molecular formula is C17H26. The molecule has 0 heteroatoms. The molecule has 0 saturated heterocycles. The van der Waals surface area contributed by atoms with Crippen LogP contribution in [-0.4, -0.2) is 0 Å². The third kappa shape index (κ3) is 3.87. The molecule has 0 bridgehead atoms. The van der Waals surface area contributed by atoms with Gasteiger partial charge in [-0.1, -0.05) is 57.0 Å². The molecule has 0 aliphatic heterocycles. The molecule has 0 aromatic heterocycles. The van der Waals surface area contributed by atoms with Crippen molar-refractivity contribution < 1.29 is 0 Å². The Hall–Kier alpha value is -0.780. The predicted octanol–water partition coefficient (Wildman–Crippen LogP) is 5.08. The Labute approximate surface area is 106 Å². The standard InChI is InChI=1S/C17H26/c1-14(2)17-12-10-16(11-13-17)9-8-15-6-4-3-5-7-15/h3-7,14,16-17H,8-13H2,1-2H3. The van der Waals surface area contributed by atoms with Crippen LogP contribution in [0.1, 0.15) is 51.5 Å². The largest absolute Gasteiger partial charge is 0.0625 e. The fourth-order valence-electron chi connectivity index (χ4n) is 3.16. The highest BCUT2D eigenvalue weighted by Gasteiger charge is 2.22. The Kier molecular flexibility index (Phi) is 4.65. The first-order valence-corrected chi connectivity index (χ1v) is 7.29. The van der Waals surface area contributed by atoms with E-state index in [9.17, 15) is 0 Å². The van der Waals surface area contributed by atoms with Crippen LogP contribution in [0.5, 0.6) is 0 Å². The van der Waals surface area contributed by atoms with Gasteiger partial charge in [0.1, 0.15) is 0 Å². The number of hydrogen-bond donors (Lipinski definition) is 0. The molecule has 1 saturated carbocycles. The zero-order valence-electron chi connectivity index (χ0n) is 11.4. The number of hydrogen-bond acceptors (Lipinski definition) is 0. The number of benzene rings is 1. The summed E-state index contributed by atoms with van der Waals surface area (Å²) in [5.41, 5.74) is 1.51. The number of rotatable bonds is 4. The average Bonchev–Trinajstić information content (AvgIpc) is 2.38. The van der Waals surface area contributed by atoms with E-state index in [4.69, 9.17) is 0 Å². The maximum Gasteiger partial charge on any atom is -0.0276 e. The van der Waals surface area contributed by atoms with Crippen molar-refractivity contribution >= 4 is 0 Å². The molecule has 0 nitrogen and oxygen atoms in total. The molecule has 0 N–H and O–H groups in total. The Bertz CT molecular complexity index is 304. The second-order valence-corrected chi connectivity index (χ2v) is 6.05. The molecule has 0 radical (unpaired) electrons. The zero-order valence-corrected chi connectivity index (χ0v) is 11.4. The van der Waals surface area contributed by atoms with E-state index in [0.29, 0.717) is 0 Å². The monoisotopic (exact) mass is 230 g/mol. The van der Waals surface area contributed by atoms with E-state index in [1.807, 2.05) is 0 Å². The first-order valence-electron chi connectivity index (χ1n) is 7.29. The SMILES string of the molecule is CC(C)C1CCC(CCc2ccccc2)CC1. The van der Waals surface area contributed by atoms with Crippen molar-refractivity contribution in [2.75, 3.05) is 0 Å². The molecule has 1 aromatic carbocycles. The van der Waals surface area contributed by atoms with Gasteiger partial charge in [-0.05, 0) is 49.0 Å². The summed E-state index contributed by atoms with van der Waals surface area (Å²) in [4.78, 5) is 0. The van der Waals surface area contributed by atoms with Crippen molar-refractivity contribution in [2.45, 2.75) is 52.4 Å². The highest BCUT2D eigenvalue weighted by Crippen LogP contribution is 2.35. The molecule has 0 atom stereocenters. The van der Waals surface area contributed by atoms with Crippen LogP contribution in [0.4, 0.5) is 0 Å². The molecule has 1 aliphatic rings. The van der Waals surface area contributed by atoms with Gasteiger partial charge in [-0.15, -0.1) is 0 Å². The molecule has 0 unspecified atom stereocenters. The molecular weight excluding hydrogens is 204 g/mol. The fourth-order valence-corrected chi connectivity index (χ4v) is 3.16. The molecule has 1 aromatic rings. The predicted molar refractivity (Wildman–Crippen MR) is 75.0 cm³/mol. The Morgan fingerprint density at radius 2 is 1.65 bits per heavy atom. The van der Waals surface area contributed by atoms with Gasteiger partial charge in [0.2, 0.25) is 0 Å². The summed E-state index contributed by atoms with van der Waals surface area (Å²) < 4.78 is 0. The van der Waals surface area contributed by atoms with E-state index in [1.165, 1.54) is 44.1 Å². The zero-order chi connectivity index (χ0) is 12.1. The lowest BCUT2D eigenvalue weighted by atomic mass is 9.75. The minimum Gasteiger partial charge on any atom is -0.0625 e. The van der Waals surface area contributed by atoms with Gasteiger partial charge < -0.3 is 0 Å². The molecule has 94 valence electrons. The molecule has 0 spiro atoms. The summed E-state index contributed by atoms with van der Waals surface area (Å²) in [6, 6.07) is 11.0. The van der Waals surface area contributed by atoms with Gasteiger partial charge >= 0.3 is 0 Å². The van der Waals surface area contributed by atoms with Crippen molar-refractivity contribution in [2.24, 2.45) is 17.8 Å². The smallest absolute Gasteiger partial charge is 0.0276 e. The first kappa shape index (κ1) is 12.7. The summed E-state index contributed by atoms with van der Waals surface area (Å²) in [6.07, 6.45) is 8.55. The molecule has 17 heavy (non-hydrogen) atoms. The summed E-state index contributed by atoms with van der Waals surface area (Å²) in [6.45, 7) is 4.77. The van der Waals surface area contributed by atoms with E-state index in [0.717, 1.165) is 17.8 Å². The average molecular weight is 230 g/mol. The normalized spacial score (nSPS) is 25.1. The first-order chi connectivity index (χ1) is 8.25. The van der Waals surface area contributed by atoms with Crippen LogP contribution in [0.25, 0.3) is 0 Å². The second-order valence-electron chi connectivity index (χ2n) is 6.05. The van der Waals surface area contributed by atoms with Gasteiger partial charge in [-0.3, -0.25) is 0 Å². The van der Waals surface area contributed by atoms with Gasteiger partial charge in [-0.25, -0.2) is 0 Å². The molecule has 0 amide bonds. The fraction of sp³-hybridized carbons (Fsp3) is 0.647. The minimum atomic E-state index is 0.894. The summed E-state index contributed by atoms with van der Waals surface area (Å²) in [5, 5.41) is 0. The topological polar surface area (TPSA) is 0 Å². The lowest BCUT2D eigenvalue weighted by molar-refractivity contribution is 0.217. The van der Waals surface area contributed by atoms with Gasteiger partial charge in [0.15, 0.2) is 0 Å². The minimum absolute atomic E-state index is 0.894. The van der Waals surface area contributed by atoms with Crippen molar-refractivity contribution in [3.8, 4) is 0 Å². The van der Waals surface area contributed by atoms with E-state index < -0.39 is 0 Å². The van der Waals surface area contributed by atoms with Crippen LogP contribution in [0.2, 0.25) is 0 Å². The molecule has 2 rings (SSSR count). The van der Waals surface area contributed by atoms with Crippen LogP contribution in [0, 0.1) is 17.8 Å². The van der Waals surface area contributed by atoms with E-state index in [1.54, 1.807) is 0 Å². The second kappa shape index (κ2) is 6.23. The third-order valence-electron chi connectivity index (χ3n) is 4.52. The lowest BCUT2D eigenvalue weighted by Gasteiger charge is -2.30. The molecule has 1 fully saturated rings. The third-order valence-corrected chi connectivity index (χ3v) is 4.52. The lowest BCUT2D eigenvalue weighted by Crippen LogP contribution is -2.18. The maximum atomic E-state index is 2.38. The van der Waals surface area contributed by atoms with Crippen molar-refractivity contribution in [1.82, 2.24) is 0 Å². The van der Waals surface area contributed by atoms with Crippen LogP contribution in [0.3, 0.4) is 0 Å². The van der Waals surface area contributed by atoms with Crippen molar-refractivity contribution in [3.05, 3.63) is 35.9 Å². The van der Waals surface area contributed by atoms with Crippen LogP contribution < -0.4 is 0 Å². The van der Waals surface area contributed by atoms with Crippen molar-refractivity contribution in [3.63, 3.8) is 0 Å². The Balaban J connectivity index is 1.72. The Morgan fingerprint density at radius 1 is 1.00 bits per heavy atom. The molecule has 0 heterocycles. The number of aryl methyl sites for hydroxylation is 1. The van der Waals surface area contributed by atoms with E-state index in [-0.39, 0.29) is 0 Å². The maximum absolute atomic E-state index is 2.38.